The highest BCUT2D eigenvalue weighted by atomic mass is 16.5. The van der Waals surface area contributed by atoms with Crippen molar-refractivity contribution >= 4 is 5.91 Å². The van der Waals surface area contributed by atoms with Gasteiger partial charge < -0.3 is 10.1 Å². The molecule has 1 atom stereocenters. The number of aromatic nitrogens is 3. The van der Waals surface area contributed by atoms with E-state index < -0.39 is 0 Å². The van der Waals surface area contributed by atoms with Crippen molar-refractivity contribution in [2.75, 3.05) is 6.61 Å². The van der Waals surface area contributed by atoms with E-state index in [0.717, 1.165) is 22.4 Å². The molecule has 0 saturated heterocycles. The summed E-state index contributed by atoms with van der Waals surface area (Å²) in [5.74, 6) is 0.555. The molecule has 1 N–H and O–H groups in total. The first-order chi connectivity index (χ1) is 12.5. The van der Waals surface area contributed by atoms with Crippen LogP contribution in [0.3, 0.4) is 0 Å². The summed E-state index contributed by atoms with van der Waals surface area (Å²) in [5, 5.41) is 7.05. The smallest absolute Gasteiger partial charge is 0.258 e. The monoisotopic (exact) mass is 350 g/mol. The molecule has 1 unspecified atom stereocenters. The number of carbonyl (C=O) groups excluding carboxylic acids is 1. The molecule has 0 aliphatic carbocycles. The minimum atomic E-state index is -0.156. The molecular formula is C20H22N4O2. The van der Waals surface area contributed by atoms with Crippen LogP contribution in [0.4, 0.5) is 0 Å². The Labute approximate surface area is 152 Å². The second-order valence-corrected chi connectivity index (χ2v) is 6.33. The second kappa shape index (κ2) is 7.82. The Morgan fingerprint density at radius 1 is 1.15 bits per heavy atom. The average molecular weight is 350 g/mol. The molecule has 1 heterocycles. The van der Waals surface area contributed by atoms with E-state index in [1.165, 1.54) is 6.33 Å². The summed E-state index contributed by atoms with van der Waals surface area (Å²) >= 11 is 0. The molecule has 0 aliphatic rings. The maximum Gasteiger partial charge on any atom is 0.258 e. The van der Waals surface area contributed by atoms with Gasteiger partial charge in [-0.1, -0.05) is 18.2 Å². The molecule has 1 aromatic heterocycles. The van der Waals surface area contributed by atoms with E-state index in [9.17, 15) is 4.79 Å². The predicted molar refractivity (Wildman–Crippen MR) is 99.3 cm³/mol. The normalized spacial score (nSPS) is 11.8. The number of ether oxygens (including phenoxy) is 1. The highest BCUT2D eigenvalue weighted by Gasteiger charge is 2.11. The van der Waals surface area contributed by atoms with Crippen molar-refractivity contribution in [2.24, 2.45) is 0 Å². The molecule has 0 spiro atoms. The molecule has 6 nitrogen and oxygen atoms in total. The summed E-state index contributed by atoms with van der Waals surface area (Å²) in [4.78, 5) is 16.1. The Morgan fingerprint density at radius 3 is 2.46 bits per heavy atom. The van der Waals surface area contributed by atoms with Gasteiger partial charge in [-0.25, -0.2) is 9.67 Å². The van der Waals surface area contributed by atoms with Crippen LogP contribution >= 0.6 is 0 Å². The first kappa shape index (κ1) is 17.7. The van der Waals surface area contributed by atoms with Gasteiger partial charge in [-0.15, -0.1) is 0 Å². The molecular weight excluding hydrogens is 328 g/mol. The molecule has 0 bridgehead atoms. The highest BCUT2D eigenvalue weighted by Crippen LogP contribution is 2.17. The quantitative estimate of drug-likeness (QED) is 0.741. The van der Waals surface area contributed by atoms with Gasteiger partial charge in [0.25, 0.3) is 5.91 Å². The third-order valence-corrected chi connectivity index (χ3v) is 4.02. The first-order valence-electron chi connectivity index (χ1n) is 8.46. The van der Waals surface area contributed by atoms with Crippen molar-refractivity contribution in [3.05, 3.63) is 71.8 Å². The van der Waals surface area contributed by atoms with Crippen molar-refractivity contribution in [3.8, 4) is 11.4 Å². The molecule has 0 aliphatic heterocycles. The van der Waals surface area contributed by atoms with Crippen molar-refractivity contribution in [3.63, 3.8) is 0 Å². The number of aryl methyl sites for hydroxylation is 2. The Morgan fingerprint density at radius 2 is 1.85 bits per heavy atom. The van der Waals surface area contributed by atoms with Crippen LogP contribution in [0.5, 0.6) is 5.75 Å². The fourth-order valence-electron chi connectivity index (χ4n) is 2.79. The average Bonchev–Trinajstić information content (AvgIpc) is 3.14. The molecule has 6 heteroatoms. The van der Waals surface area contributed by atoms with Crippen LogP contribution in [0.2, 0.25) is 0 Å². The standard InChI is InChI=1S/C20H22N4O2/c1-14-8-15(2)10-19(9-14)26-11-20(25)23-16(3)17-4-6-18(7-5-17)24-13-21-12-22-24/h4-10,12-13,16H,11H2,1-3H3,(H,23,25). The lowest BCUT2D eigenvalue weighted by atomic mass is 10.1. The summed E-state index contributed by atoms with van der Waals surface area (Å²) in [7, 11) is 0. The van der Waals surface area contributed by atoms with Crippen LogP contribution in [-0.4, -0.2) is 27.3 Å². The van der Waals surface area contributed by atoms with Gasteiger partial charge in [-0.2, -0.15) is 5.10 Å². The number of hydrogen-bond donors (Lipinski definition) is 1. The van der Waals surface area contributed by atoms with Gasteiger partial charge >= 0.3 is 0 Å². The van der Waals surface area contributed by atoms with Crippen LogP contribution in [-0.2, 0) is 4.79 Å². The summed E-state index contributed by atoms with van der Waals surface area (Å²) in [6, 6.07) is 13.6. The zero-order valence-corrected chi connectivity index (χ0v) is 15.1. The Kier molecular flexibility index (Phi) is 5.31. The zero-order chi connectivity index (χ0) is 18.5. The molecule has 0 saturated carbocycles. The molecule has 0 radical (unpaired) electrons. The van der Waals surface area contributed by atoms with E-state index >= 15 is 0 Å². The van der Waals surface area contributed by atoms with Crippen LogP contribution in [0, 0.1) is 13.8 Å². The van der Waals surface area contributed by atoms with Crippen LogP contribution in [0.1, 0.15) is 29.7 Å². The van der Waals surface area contributed by atoms with Gasteiger partial charge in [0.2, 0.25) is 0 Å². The largest absolute Gasteiger partial charge is 0.484 e. The highest BCUT2D eigenvalue weighted by molar-refractivity contribution is 5.78. The topological polar surface area (TPSA) is 69.0 Å². The summed E-state index contributed by atoms with van der Waals surface area (Å²) in [5.41, 5.74) is 4.15. The number of nitrogens with zero attached hydrogens (tertiary/aromatic N) is 3. The number of benzene rings is 2. The fraction of sp³-hybridized carbons (Fsp3) is 0.250. The number of hydrogen-bond acceptors (Lipinski definition) is 4. The Balaban J connectivity index is 1.55. The van der Waals surface area contributed by atoms with Crippen molar-refractivity contribution in [2.45, 2.75) is 26.8 Å². The van der Waals surface area contributed by atoms with Crippen LogP contribution in [0.25, 0.3) is 5.69 Å². The van der Waals surface area contributed by atoms with Gasteiger partial charge in [0.15, 0.2) is 6.61 Å². The van der Waals surface area contributed by atoms with Gasteiger partial charge in [-0.3, -0.25) is 4.79 Å². The molecule has 2 aromatic carbocycles. The minimum Gasteiger partial charge on any atom is -0.484 e. The maximum atomic E-state index is 12.2. The van der Waals surface area contributed by atoms with E-state index in [4.69, 9.17) is 4.74 Å². The first-order valence-corrected chi connectivity index (χ1v) is 8.46. The van der Waals surface area contributed by atoms with E-state index in [2.05, 4.69) is 21.5 Å². The third-order valence-electron chi connectivity index (χ3n) is 4.02. The Bertz CT molecular complexity index is 853. The van der Waals surface area contributed by atoms with Crippen molar-refractivity contribution < 1.29 is 9.53 Å². The lowest BCUT2D eigenvalue weighted by molar-refractivity contribution is -0.123. The van der Waals surface area contributed by atoms with E-state index in [0.29, 0.717) is 5.75 Å². The summed E-state index contributed by atoms with van der Waals surface area (Å²) in [6.07, 6.45) is 3.14. The van der Waals surface area contributed by atoms with Crippen molar-refractivity contribution in [1.82, 2.24) is 20.1 Å². The minimum absolute atomic E-state index is 0.00965. The zero-order valence-electron chi connectivity index (χ0n) is 15.1. The molecule has 3 aromatic rings. The maximum absolute atomic E-state index is 12.2. The summed E-state index contributed by atoms with van der Waals surface area (Å²) in [6.45, 7) is 5.94. The second-order valence-electron chi connectivity index (χ2n) is 6.33. The fourth-order valence-corrected chi connectivity index (χ4v) is 2.79. The predicted octanol–water partition coefficient (Wildman–Crippen LogP) is 3.14. The van der Waals surface area contributed by atoms with Gasteiger partial charge in [0, 0.05) is 0 Å². The number of nitrogens with one attached hydrogen (secondary N) is 1. The lowest BCUT2D eigenvalue weighted by Crippen LogP contribution is -2.31. The van der Waals surface area contributed by atoms with Crippen LogP contribution < -0.4 is 10.1 Å². The van der Waals surface area contributed by atoms with Gasteiger partial charge in [-0.05, 0) is 61.7 Å². The van der Waals surface area contributed by atoms with E-state index in [1.54, 1.807) is 11.0 Å². The molecule has 3 rings (SSSR count). The number of carbonyl (C=O) groups is 1. The SMILES string of the molecule is Cc1cc(C)cc(OCC(=O)NC(C)c2ccc(-n3cncn3)cc2)c1. The summed E-state index contributed by atoms with van der Waals surface area (Å²) < 4.78 is 7.29. The number of amides is 1. The van der Waals surface area contributed by atoms with Gasteiger partial charge in [0.05, 0.1) is 11.7 Å². The van der Waals surface area contributed by atoms with E-state index in [-0.39, 0.29) is 18.6 Å². The number of rotatable bonds is 6. The molecule has 134 valence electrons. The lowest BCUT2D eigenvalue weighted by Gasteiger charge is -2.15. The Hall–Kier alpha value is -3.15. The molecule has 1 amide bonds. The molecule has 0 fully saturated rings. The van der Waals surface area contributed by atoms with Crippen molar-refractivity contribution in [1.29, 1.82) is 0 Å². The van der Waals surface area contributed by atoms with Crippen LogP contribution in [0.15, 0.2) is 55.1 Å². The van der Waals surface area contributed by atoms with Gasteiger partial charge in [0.1, 0.15) is 18.4 Å². The molecule has 26 heavy (non-hydrogen) atoms. The van der Waals surface area contributed by atoms with E-state index in [1.807, 2.05) is 57.2 Å². The third kappa shape index (κ3) is 4.47.